The number of hydrogen-bond acceptors (Lipinski definition) is 3. The number of aromatic amines is 1. The zero-order valence-electron chi connectivity index (χ0n) is 18.1. The average Bonchev–Trinajstić information content (AvgIpc) is 3.18. The van der Waals surface area contributed by atoms with Gasteiger partial charge < -0.3 is 10.3 Å². The Bertz CT molecular complexity index is 976. The quantitative estimate of drug-likeness (QED) is 0.275. The maximum Gasteiger partial charge on any atom is 0.217 e. The van der Waals surface area contributed by atoms with Gasteiger partial charge in [0.1, 0.15) is 0 Å². The largest absolute Gasteiger partial charge is 0.361 e. The smallest absolute Gasteiger partial charge is 0.217 e. The van der Waals surface area contributed by atoms with Gasteiger partial charge in [-0.2, -0.15) is 4.39 Å². The highest BCUT2D eigenvalue weighted by Gasteiger charge is 2.13. The Balaban J connectivity index is 0.000000785. The molecule has 0 aliphatic rings. The van der Waals surface area contributed by atoms with Crippen molar-refractivity contribution >= 4 is 16.8 Å². The van der Waals surface area contributed by atoms with E-state index in [9.17, 15) is 9.18 Å². The maximum absolute atomic E-state index is 14.0. The van der Waals surface area contributed by atoms with E-state index in [2.05, 4.69) is 45.5 Å². The van der Waals surface area contributed by atoms with Crippen LogP contribution in [0.1, 0.15) is 30.9 Å². The molecule has 2 N–H and O–H groups in total. The molecule has 31 heavy (non-hydrogen) atoms. The predicted octanol–water partition coefficient (Wildman–Crippen LogP) is 4.98. The van der Waals surface area contributed by atoms with E-state index in [0.717, 1.165) is 31.4 Å². The van der Waals surface area contributed by atoms with Crippen molar-refractivity contribution in [2.75, 3.05) is 13.1 Å². The monoisotopic (exact) mass is 422 g/mol. The Morgan fingerprint density at radius 1 is 1.13 bits per heavy atom. The van der Waals surface area contributed by atoms with Crippen molar-refractivity contribution in [2.24, 2.45) is 0 Å². The number of unbranched alkanes of at least 4 members (excludes halogenated alkanes) is 1. The number of pyridine rings is 1. The average molecular weight is 423 g/mol. The lowest BCUT2D eigenvalue weighted by molar-refractivity contribution is -0.118. The van der Waals surface area contributed by atoms with Gasteiger partial charge in [0.15, 0.2) is 0 Å². The first-order chi connectivity index (χ1) is 15.0. The minimum Gasteiger partial charge on any atom is -0.361 e. The van der Waals surface area contributed by atoms with Gasteiger partial charge in [-0.15, -0.1) is 0 Å². The lowest BCUT2D eigenvalue weighted by Crippen LogP contribution is -2.26. The molecule has 164 valence electrons. The second kappa shape index (κ2) is 13.1. The number of carbonyl (C=O) groups is 1. The van der Waals surface area contributed by atoms with Crippen LogP contribution in [0.3, 0.4) is 0 Å². The molecule has 0 atom stereocenters. The third kappa shape index (κ3) is 8.18. The molecule has 2 heterocycles. The summed E-state index contributed by atoms with van der Waals surface area (Å²) < 4.78 is 14.0. The van der Waals surface area contributed by atoms with Gasteiger partial charge in [0.05, 0.1) is 0 Å². The zero-order chi connectivity index (χ0) is 22.5. The molecular formula is C25H31FN4O. The number of H-pyrrole nitrogens is 1. The van der Waals surface area contributed by atoms with Gasteiger partial charge >= 0.3 is 0 Å². The summed E-state index contributed by atoms with van der Waals surface area (Å²) >= 11 is 0. The van der Waals surface area contributed by atoms with Crippen LogP contribution in [0.4, 0.5) is 4.39 Å². The fraction of sp³-hybridized carbons (Fsp3) is 0.280. The van der Waals surface area contributed by atoms with Crippen LogP contribution in [-0.4, -0.2) is 33.9 Å². The molecule has 0 spiro atoms. The van der Waals surface area contributed by atoms with Crippen LogP contribution in [0.15, 0.2) is 74.1 Å². The van der Waals surface area contributed by atoms with Crippen LogP contribution in [0, 0.1) is 5.95 Å². The number of halogens is 1. The number of fused-ring (bicyclic) bond motifs is 1. The van der Waals surface area contributed by atoms with Crippen LogP contribution in [0.2, 0.25) is 0 Å². The summed E-state index contributed by atoms with van der Waals surface area (Å²) in [4.78, 5) is 20.3. The molecule has 6 heteroatoms. The molecule has 3 rings (SSSR count). The Labute approximate surface area is 183 Å². The van der Waals surface area contributed by atoms with Crippen LogP contribution < -0.4 is 5.32 Å². The summed E-state index contributed by atoms with van der Waals surface area (Å²) in [6, 6.07) is 11.7. The minimum absolute atomic E-state index is 0.0110. The second-order valence-electron chi connectivity index (χ2n) is 7.18. The Morgan fingerprint density at radius 2 is 1.87 bits per heavy atom. The lowest BCUT2D eigenvalue weighted by Gasteiger charge is -2.22. The molecule has 5 nitrogen and oxygen atoms in total. The maximum atomic E-state index is 14.0. The summed E-state index contributed by atoms with van der Waals surface area (Å²) in [5.74, 6) is -0.428. The molecule has 0 saturated heterocycles. The molecule has 0 radical (unpaired) electrons. The molecule has 1 amide bonds. The van der Waals surface area contributed by atoms with Gasteiger partial charge in [-0.3, -0.25) is 9.69 Å². The van der Waals surface area contributed by atoms with Gasteiger partial charge in [0.2, 0.25) is 11.9 Å². The van der Waals surface area contributed by atoms with Gasteiger partial charge in [0, 0.05) is 55.4 Å². The number of para-hydroxylation sites is 1. The van der Waals surface area contributed by atoms with Gasteiger partial charge in [-0.1, -0.05) is 49.6 Å². The lowest BCUT2D eigenvalue weighted by atomic mass is 10.1. The van der Waals surface area contributed by atoms with E-state index in [-0.39, 0.29) is 5.91 Å². The topological polar surface area (TPSA) is 61.0 Å². The molecule has 0 saturated carbocycles. The number of hydrogen-bond donors (Lipinski definition) is 2. The number of nitrogens with one attached hydrogen (secondary N) is 2. The highest BCUT2D eigenvalue weighted by molar-refractivity contribution is 5.82. The summed E-state index contributed by atoms with van der Waals surface area (Å²) in [6.07, 6.45) is 8.58. The van der Waals surface area contributed by atoms with Crippen molar-refractivity contribution in [2.45, 2.75) is 32.9 Å². The first-order valence-electron chi connectivity index (χ1n) is 10.4. The molecular weight excluding hydrogens is 391 g/mol. The van der Waals surface area contributed by atoms with Crippen LogP contribution in [0.25, 0.3) is 10.9 Å². The third-order valence-electron chi connectivity index (χ3n) is 4.74. The summed E-state index contributed by atoms with van der Waals surface area (Å²) in [5, 5.41) is 4.00. The zero-order valence-corrected chi connectivity index (χ0v) is 18.1. The third-order valence-corrected chi connectivity index (χ3v) is 4.74. The van der Waals surface area contributed by atoms with Crippen LogP contribution in [-0.2, 0) is 17.9 Å². The van der Waals surface area contributed by atoms with Gasteiger partial charge in [-0.25, -0.2) is 4.98 Å². The fourth-order valence-corrected chi connectivity index (χ4v) is 3.22. The minimum atomic E-state index is -0.417. The summed E-state index contributed by atoms with van der Waals surface area (Å²) in [7, 11) is 0. The van der Waals surface area contributed by atoms with E-state index in [1.165, 1.54) is 24.1 Å². The van der Waals surface area contributed by atoms with Crippen molar-refractivity contribution in [3.63, 3.8) is 0 Å². The molecule has 0 bridgehead atoms. The molecule has 2 aromatic heterocycles. The predicted molar refractivity (Wildman–Crippen MR) is 125 cm³/mol. The van der Waals surface area contributed by atoms with Gasteiger partial charge in [-0.05, 0) is 37.1 Å². The number of rotatable bonds is 10. The summed E-state index contributed by atoms with van der Waals surface area (Å²) in [5.41, 5.74) is 2.89. The number of amides is 1. The highest BCUT2D eigenvalue weighted by Crippen LogP contribution is 2.21. The number of aromatic nitrogens is 2. The highest BCUT2D eigenvalue weighted by atomic mass is 19.1. The standard InChI is InChI=1S/C21H25FN4O.C4H6/c1-16(27)23-10-4-5-12-26(14-17-7-6-11-24-21(17)22)15-18-13-25-20-9-3-2-8-19(18)20;1-3-4-2/h2-3,6-9,11,13,25H,4-5,10,12,14-15H2,1H3,(H,23,27);3-4H,1-2H2. The van der Waals surface area contributed by atoms with E-state index < -0.39 is 5.95 Å². The first kappa shape index (κ1) is 24.0. The second-order valence-corrected chi connectivity index (χ2v) is 7.18. The first-order valence-corrected chi connectivity index (χ1v) is 10.4. The van der Waals surface area contributed by atoms with E-state index in [0.29, 0.717) is 18.7 Å². The van der Waals surface area contributed by atoms with Crippen molar-refractivity contribution in [3.8, 4) is 0 Å². The van der Waals surface area contributed by atoms with Gasteiger partial charge in [0.25, 0.3) is 0 Å². The Kier molecular flexibility index (Phi) is 10.2. The summed E-state index contributed by atoms with van der Waals surface area (Å²) in [6.45, 7) is 10.9. The molecule has 0 aliphatic heterocycles. The SMILES string of the molecule is C=CC=C.CC(=O)NCCCCN(Cc1cccnc1F)Cc1c[nH]c2ccccc12. The van der Waals surface area contributed by atoms with Crippen molar-refractivity contribution < 1.29 is 9.18 Å². The van der Waals surface area contributed by atoms with Crippen LogP contribution in [0.5, 0.6) is 0 Å². The number of carbonyl (C=O) groups excluding carboxylic acids is 1. The molecule has 0 fully saturated rings. The van der Waals surface area contributed by atoms with E-state index in [1.807, 2.05) is 18.3 Å². The van der Waals surface area contributed by atoms with Crippen molar-refractivity contribution in [1.82, 2.24) is 20.2 Å². The Morgan fingerprint density at radius 3 is 2.58 bits per heavy atom. The van der Waals surface area contributed by atoms with E-state index in [1.54, 1.807) is 24.3 Å². The fourth-order valence-electron chi connectivity index (χ4n) is 3.22. The molecule has 1 aromatic carbocycles. The number of nitrogens with zero attached hydrogens (tertiary/aromatic N) is 2. The normalized spacial score (nSPS) is 10.4. The molecule has 0 unspecified atom stereocenters. The Hall–Kier alpha value is -3.25. The van der Waals surface area contributed by atoms with E-state index in [4.69, 9.17) is 0 Å². The molecule has 3 aromatic rings. The van der Waals surface area contributed by atoms with Crippen LogP contribution >= 0.6 is 0 Å². The van der Waals surface area contributed by atoms with Crippen molar-refractivity contribution in [1.29, 1.82) is 0 Å². The molecule has 0 aliphatic carbocycles. The van der Waals surface area contributed by atoms with E-state index >= 15 is 0 Å². The number of allylic oxidation sites excluding steroid dienone is 2. The van der Waals surface area contributed by atoms with Crippen molar-refractivity contribution in [3.05, 3.63) is 91.2 Å². The number of benzene rings is 1.